The number of nitriles is 1. The molecule has 2 amide bonds. The molecule has 8 heteroatoms. The van der Waals surface area contributed by atoms with E-state index in [1.54, 1.807) is 42.5 Å². The van der Waals surface area contributed by atoms with Crippen molar-refractivity contribution in [1.29, 1.82) is 5.26 Å². The topological polar surface area (TPSA) is 113 Å². The van der Waals surface area contributed by atoms with E-state index in [2.05, 4.69) is 15.8 Å². The molecule has 0 fully saturated rings. The van der Waals surface area contributed by atoms with Gasteiger partial charge in [-0.25, -0.2) is 5.43 Å². The number of anilines is 1. The van der Waals surface area contributed by atoms with Gasteiger partial charge in [-0.05, 0) is 47.0 Å². The Morgan fingerprint density at radius 2 is 1.73 bits per heavy atom. The second-order valence-corrected chi connectivity index (χ2v) is 6.87. The lowest BCUT2D eigenvalue weighted by Gasteiger charge is -2.11. The Kier molecular flexibility index (Phi) is 8.15. The largest absolute Gasteiger partial charge is 0.493 e. The summed E-state index contributed by atoms with van der Waals surface area (Å²) in [6, 6.07) is 23.6. The monoisotopic (exact) mass is 442 g/mol. The zero-order valence-corrected chi connectivity index (χ0v) is 17.9. The molecule has 3 aromatic carbocycles. The number of rotatable bonds is 8. The number of hydrogen-bond acceptors (Lipinski definition) is 6. The van der Waals surface area contributed by atoms with Crippen LogP contribution in [0.25, 0.3) is 0 Å². The van der Waals surface area contributed by atoms with Crippen molar-refractivity contribution in [3.63, 3.8) is 0 Å². The normalized spacial score (nSPS) is 10.3. The van der Waals surface area contributed by atoms with Gasteiger partial charge in [-0.1, -0.05) is 42.5 Å². The molecular weight excluding hydrogens is 420 g/mol. The lowest BCUT2D eigenvalue weighted by Crippen LogP contribution is -2.32. The van der Waals surface area contributed by atoms with Crippen molar-refractivity contribution < 1.29 is 19.1 Å². The van der Waals surface area contributed by atoms with E-state index in [-0.39, 0.29) is 6.42 Å². The maximum Gasteiger partial charge on any atom is 0.329 e. The maximum atomic E-state index is 12.0. The highest BCUT2D eigenvalue weighted by Gasteiger charge is 2.13. The molecule has 0 saturated carbocycles. The first-order valence-corrected chi connectivity index (χ1v) is 10.0. The Morgan fingerprint density at radius 1 is 0.970 bits per heavy atom. The fourth-order valence-electron chi connectivity index (χ4n) is 2.82. The Bertz CT molecular complexity index is 1170. The summed E-state index contributed by atoms with van der Waals surface area (Å²) >= 11 is 0. The van der Waals surface area contributed by atoms with Crippen LogP contribution >= 0.6 is 0 Å². The molecule has 3 aromatic rings. The summed E-state index contributed by atoms with van der Waals surface area (Å²) in [5.41, 5.74) is 5.12. The summed E-state index contributed by atoms with van der Waals surface area (Å²) in [4.78, 5) is 24.0. The van der Waals surface area contributed by atoms with Crippen molar-refractivity contribution in [2.45, 2.75) is 13.0 Å². The van der Waals surface area contributed by atoms with Crippen LogP contribution in [0.2, 0.25) is 0 Å². The van der Waals surface area contributed by atoms with Crippen molar-refractivity contribution >= 4 is 23.7 Å². The van der Waals surface area contributed by atoms with E-state index in [9.17, 15) is 9.59 Å². The molecule has 33 heavy (non-hydrogen) atoms. The van der Waals surface area contributed by atoms with Gasteiger partial charge in [0.25, 0.3) is 0 Å². The minimum Gasteiger partial charge on any atom is -0.493 e. The van der Waals surface area contributed by atoms with Gasteiger partial charge in [-0.3, -0.25) is 9.59 Å². The number of carbonyl (C=O) groups is 2. The van der Waals surface area contributed by atoms with Crippen molar-refractivity contribution in [2.24, 2.45) is 5.10 Å². The Morgan fingerprint density at radius 3 is 2.42 bits per heavy atom. The zero-order valence-electron chi connectivity index (χ0n) is 17.9. The van der Waals surface area contributed by atoms with Crippen LogP contribution in [0.4, 0.5) is 5.69 Å². The summed E-state index contributed by atoms with van der Waals surface area (Å²) in [6.45, 7) is 0.400. The number of benzene rings is 3. The summed E-state index contributed by atoms with van der Waals surface area (Å²) in [5.74, 6) is -0.689. The van der Waals surface area contributed by atoms with Crippen LogP contribution < -0.4 is 20.2 Å². The average Bonchev–Trinajstić information content (AvgIpc) is 2.85. The second kappa shape index (κ2) is 11.7. The molecule has 0 bridgehead atoms. The number of methoxy groups -OCH3 is 1. The molecular formula is C25H22N4O4. The van der Waals surface area contributed by atoms with Crippen LogP contribution in [0, 0.1) is 11.3 Å². The van der Waals surface area contributed by atoms with E-state index < -0.39 is 11.8 Å². The molecule has 0 aliphatic carbocycles. The van der Waals surface area contributed by atoms with Crippen LogP contribution in [0.15, 0.2) is 77.9 Å². The Balaban J connectivity index is 1.53. The molecule has 0 saturated heterocycles. The molecule has 0 aliphatic heterocycles. The summed E-state index contributed by atoms with van der Waals surface area (Å²) < 4.78 is 11.2. The summed E-state index contributed by atoms with van der Waals surface area (Å²) in [5, 5.41) is 15.0. The zero-order chi connectivity index (χ0) is 23.5. The molecule has 3 rings (SSSR count). The Hall–Kier alpha value is -4.64. The number of nitrogens with zero attached hydrogens (tertiary/aromatic N) is 2. The van der Waals surface area contributed by atoms with Gasteiger partial charge >= 0.3 is 11.8 Å². The molecule has 0 atom stereocenters. The first-order valence-electron chi connectivity index (χ1n) is 10.0. The van der Waals surface area contributed by atoms with Crippen LogP contribution in [0.1, 0.15) is 16.7 Å². The molecule has 0 aliphatic rings. The number of hydrogen-bond donors (Lipinski definition) is 2. The van der Waals surface area contributed by atoms with Gasteiger partial charge in [-0.15, -0.1) is 0 Å². The first-order chi connectivity index (χ1) is 16.1. The third-order valence-corrected chi connectivity index (χ3v) is 4.51. The lowest BCUT2D eigenvalue weighted by molar-refractivity contribution is -0.136. The molecule has 0 aromatic heterocycles. The van der Waals surface area contributed by atoms with Crippen molar-refractivity contribution in [2.75, 3.05) is 12.4 Å². The first kappa shape index (κ1) is 23.0. The van der Waals surface area contributed by atoms with Crippen LogP contribution in [-0.2, 0) is 22.6 Å². The highest BCUT2D eigenvalue weighted by molar-refractivity contribution is 6.39. The van der Waals surface area contributed by atoms with Crippen molar-refractivity contribution in [3.8, 4) is 17.6 Å². The number of amides is 2. The van der Waals surface area contributed by atoms with E-state index >= 15 is 0 Å². The van der Waals surface area contributed by atoms with Gasteiger partial charge in [0.05, 0.1) is 25.8 Å². The molecule has 2 N–H and O–H groups in total. The molecule has 0 radical (unpaired) electrons. The standard InChI is InChI=1S/C25H22N4O4/c1-32-23-15-20(9-12-22(23)33-17-19-5-3-2-4-6-19)16-27-29-25(31)24(30)28-21-10-7-18(8-11-21)13-14-26/h2-12,15-16H,13,17H2,1H3,(H,28,30)(H,29,31)/b27-16+. The molecule has 0 heterocycles. The van der Waals surface area contributed by atoms with E-state index in [1.165, 1.54) is 13.3 Å². The third kappa shape index (κ3) is 6.94. The second-order valence-electron chi connectivity index (χ2n) is 6.87. The van der Waals surface area contributed by atoms with Crippen molar-refractivity contribution in [1.82, 2.24) is 5.43 Å². The molecule has 166 valence electrons. The van der Waals surface area contributed by atoms with Gasteiger partial charge in [0.1, 0.15) is 6.61 Å². The van der Waals surface area contributed by atoms with Crippen LogP contribution in [-0.4, -0.2) is 25.1 Å². The number of hydrazone groups is 1. The SMILES string of the molecule is COc1cc(/C=N/NC(=O)C(=O)Nc2ccc(CC#N)cc2)ccc1OCc1ccccc1. The highest BCUT2D eigenvalue weighted by atomic mass is 16.5. The summed E-state index contributed by atoms with van der Waals surface area (Å²) in [7, 11) is 1.53. The van der Waals surface area contributed by atoms with Gasteiger partial charge in [0.15, 0.2) is 11.5 Å². The Labute approximate surface area is 191 Å². The van der Waals surface area contributed by atoms with Crippen molar-refractivity contribution in [3.05, 3.63) is 89.5 Å². The van der Waals surface area contributed by atoms with Crippen LogP contribution in [0.5, 0.6) is 11.5 Å². The van der Waals surface area contributed by atoms with Gasteiger partial charge in [0, 0.05) is 5.69 Å². The quantitative estimate of drug-likeness (QED) is 0.315. The van der Waals surface area contributed by atoms with E-state index in [1.807, 2.05) is 36.4 Å². The van der Waals surface area contributed by atoms with Gasteiger partial charge in [-0.2, -0.15) is 10.4 Å². The predicted octanol–water partition coefficient (Wildman–Crippen LogP) is 3.43. The van der Waals surface area contributed by atoms with E-state index in [0.717, 1.165) is 11.1 Å². The lowest BCUT2D eigenvalue weighted by atomic mass is 10.1. The number of nitrogens with one attached hydrogen (secondary N) is 2. The van der Waals surface area contributed by atoms with Crippen LogP contribution in [0.3, 0.4) is 0 Å². The average molecular weight is 442 g/mol. The smallest absolute Gasteiger partial charge is 0.329 e. The third-order valence-electron chi connectivity index (χ3n) is 4.51. The minimum absolute atomic E-state index is 0.272. The van der Waals surface area contributed by atoms with E-state index in [0.29, 0.717) is 29.4 Å². The van der Waals surface area contributed by atoms with Gasteiger partial charge < -0.3 is 14.8 Å². The molecule has 0 spiro atoms. The number of carbonyl (C=O) groups excluding carboxylic acids is 2. The highest BCUT2D eigenvalue weighted by Crippen LogP contribution is 2.28. The number of ether oxygens (including phenoxy) is 2. The van der Waals surface area contributed by atoms with E-state index in [4.69, 9.17) is 14.7 Å². The predicted molar refractivity (Wildman–Crippen MR) is 124 cm³/mol. The minimum atomic E-state index is -0.915. The van der Waals surface area contributed by atoms with Gasteiger partial charge in [0.2, 0.25) is 0 Å². The summed E-state index contributed by atoms with van der Waals surface area (Å²) in [6.07, 6.45) is 1.67. The molecule has 8 nitrogen and oxygen atoms in total. The fourth-order valence-corrected chi connectivity index (χ4v) is 2.82. The maximum absolute atomic E-state index is 12.0. The molecule has 0 unspecified atom stereocenters. The fraction of sp³-hybridized carbons (Fsp3) is 0.120.